The fraction of sp³-hybridized carbons (Fsp3) is 0.581. The van der Waals surface area contributed by atoms with E-state index < -0.39 is 22.9 Å². The number of benzene rings is 2. The average molecular weight is 609 g/mol. The second-order valence-corrected chi connectivity index (χ2v) is 14.1. The van der Waals surface area contributed by atoms with E-state index in [-0.39, 0.29) is 11.9 Å². The van der Waals surface area contributed by atoms with E-state index in [0.717, 1.165) is 36.9 Å². The molecule has 2 aromatic carbocycles. The number of amides is 1. The molecule has 0 aromatic heterocycles. The van der Waals surface area contributed by atoms with Crippen LogP contribution in [0.1, 0.15) is 75.7 Å². The number of carbonyl (C=O) groups is 1. The number of carbonyl (C=O) groups excluding carboxylic acids is 1. The summed E-state index contributed by atoms with van der Waals surface area (Å²) in [6, 6.07) is 12.4. The largest absolute Gasteiger partial charge is 0.390 e. The first-order valence-corrected chi connectivity index (χ1v) is 16.9. The predicted octanol–water partition coefficient (Wildman–Crippen LogP) is 6.54. The van der Waals surface area contributed by atoms with Gasteiger partial charge in [-0.2, -0.15) is 0 Å². The van der Waals surface area contributed by atoms with Crippen LogP contribution in [0.25, 0.3) is 0 Å². The van der Waals surface area contributed by atoms with E-state index in [2.05, 4.69) is 36.7 Å². The minimum atomic E-state index is -2.95. The number of aliphatic hydroxyl groups excluding tert-OH is 1. The van der Waals surface area contributed by atoms with Crippen molar-refractivity contribution in [2.45, 2.75) is 84.4 Å². The highest BCUT2D eigenvalue weighted by Crippen LogP contribution is 2.50. The summed E-state index contributed by atoms with van der Waals surface area (Å²) < 4.78 is 23.1. The Hall–Kier alpha value is -2.01. The van der Waals surface area contributed by atoms with E-state index in [1.54, 1.807) is 22.5 Å². The van der Waals surface area contributed by atoms with Gasteiger partial charge in [0.2, 0.25) is 0 Å². The molecule has 0 radical (unpaired) electrons. The smallest absolute Gasteiger partial charge is 0.251 e. The summed E-state index contributed by atoms with van der Waals surface area (Å²) in [5.74, 6) is 0.645. The fourth-order valence-corrected chi connectivity index (χ4v) is 7.04. The van der Waals surface area contributed by atoms with Crippen LogP contribution in [0.15, 0.2) is 42.5 Å². The SMILES string of the molecule is CCNc1cc(C(=O)NC(Cc2cccc(Cl)c2)C(O)CNC(C)CCCC(C)C)cc(N2CCCCS2(O)O)c1. The maximum Gasteiger partial charge on any atom is 0.251 e. The van der Waals surface area contributed by atoms with Crippen LogP contribution in [0.4, 0.5) is 11.4 Å². The molecule has 0 aliphatic carbocycles. The second kappa shape index (κ2) is 16.0. The fourth-order valence-electron chi connectivity index (χ4n) is 5.15. The van der Waals surface area contributed by atoms with E-state index in [9.17, 15) is 19.0 Å². The number of halogens is 1. The van der Waals surface area contributed by atoms with Crippen molar-refractivity contribution >= 4 is 39.7 Å². The molecule has 1 aliphatic heterocycles. The first-order chi connectivity index (χ1) is 19.5. The minimum Gasteiger partial charge on any atom is -0.390 e. The first kappa shape index (κ1) is 33.5. The summed E-state index contributed by atoms with van der Waals surface area (Å²) in [7, 11) is -2.95. The lowest BCUT2D eigenvalue weighted by molar-refractivity contribution is 0.0825. The molecule has 0 saturated carbocycles. The molecular formula is C31H49ClN4O4S. The van der Waals surface area contributed by atoms with E-state index in [0.29, 0.717) is 54.0 Å². The van der Waals surface area contributed by atoms with Crippen LogP contribution in [-0.2, 0) is 6.42 Å². The standard InChI is InChI=1S/C31H49ClN4O4S/c1-5-33-27-18-25(19-28(20-27)36-14-6-7-15-41(36,39)40)31(38)35-29(17-24-12-9-13-26(32)16-24)30(37)21-34-23(4)11-8-10-22(2)3/h9,12-13,16,18-20,22-23,29-30,33-34,37,39-40H,5-8,10-11,14-15,17,21H2,1-4H3,(H,35,38). The van der Waals surface area contributed by atoms with Crippen LogP contribution in [0, 0.1) is 5.92 Å². The van der Waals surface area contributed by atoms with Crippen molar-refractivity contribution < 1.29 is 19.0 Å². The first-order valence-electron chi connectivity index (χ1n) is 14.9. The maximum absolute atomic E-state index is 13.7. The number of aliphatic hydroxyl groups is 1. The summed E-state index contributed by atoms with van der Waals surface area (Å²) in [6.45, 7) is 10.0. The zero-order valence-electron chi connectivity index (χ0n) is 24.9. The summed E-state index contributed by atoms with van der Waals surface area (Å²) in [5.41, 5.74) is 2.62. The van der Waals surface area contributed by atoms with Crippen LogP contribution in [0.3, 0.4) is 0 Å². The van der Waals surface area contributed by atoms with Gasteiger partial charge in [0.25, 0.3) is 5.91 Å². The Labute approximate surface area is 252 Å². The van der Waals surface area contributed by atoms with Crippen molar-refractivity contribution in [3.8, 4) is 0 Å². The van der Waals surface area contributed by atoms with E-state index in [4.69, 9.17) is 11.6 Å². The van der Waals surface area contributed by atoms with E-state index >= 15 is 0 Å². The van der Waals surface area contributed by atoms with Gasteiger partial charge in [-0.3, -0.25) is 18.2 Å². The van der Waals surface area contributed by atoms with Crippen LogP contribution in [0.5, 0.6) is 0 Å². The molecule has 2 aromatic rings. The predicted molar refractivity (Wildman–Crippen MR) is 173 cm³/mol. The van der Waals surface area contributed by atoms with Crippen LogP contribution in [-0.4, -0.2) is 63.7 Å². The molecular weight excluding hydrogens is 560 g/mol. The molecule has 1 amide bonds. The molecule has 6 N–H and O–H groups in total. The van der Waals surface area contributed by atoms with Gasteiger partial charge in [0.1, 0.15) is 0 Å². The third-order valence-corrected chi connectivity index (χ3v) is 9.62. The van der Waals surface area contributed by atoms with Crippen molar-refractivity contribution in [3.05, 3.63) is 58.6 Å². The number of hydrogen-bond donors (Lipinski definition) is 6. The molecule has 3 rings (SSSR count). The van der Waals surface area contributed by atoms with Gasteiger partial charge in [-0.05, 0) is 81.3 Å². The Morgan fingerprint density at radius 3 is 2.56 bits per heavy atom. The van der Waals surface area contributed by atoms with Crippen LogP contribution >= 0.6 is 22.4 Å². The van der Waals surface area contributed by atoms with E-state index in [1.165, 1.54) is 6.42 Å². The van der Waals surface area contributed by atoms with Gasteiger partial charge in [-0.15, -0.1) is 10.8 Å². The number of nitrogens with one attached hydrogen (secondary N) is 3. The number of nitrogens with zero attached hydrogens (tertiary/aromatic N) is 1. The van der Waals surface area contributed by atoms with Gasteiger partial charge in [0, 0.05) is 41.9 Å². The Morgan fingerprint density at radius 1 is 1.10 bits per heavy atom. The van der Waals surface area contributed by atoms with Gasteiger partial charge in [-0.25, -0.2) is 0 Å². The van der Waals surface area contributed by atoms with Gasteiger partial charge in [0.15, 0.2) is 0 Å². The lowest BCUT2D eigenvalue weighted by Crippen LogP contribution is -2.49. The summed E-state index contributed by atoms with van der Waals surface area (Å²) in [6.07, 6.45) is 4.48. The highest BCUT2D eigenvalue weighted by atomic mass is 35.5. The van der Waals surface area contributed by atoms with Crippen LogP contribution in [0.2, 0.25) is 5.02 Å². The molecule has 230 valence electrons. The van der Waals surface area contributed by atoms with Crippen LogP contribution < -0.4 is 20.3 Å². The van der Waals surface area contributed by atoms with Crippen molar-refractivity contribution in [1.29, 1.82) is 0 Å². The number of anilines is 2. The van der Waals surface area contributed by atoms with Gasteiger partial charge in [0.05, 0.1) is 23.6 Å². The highest BCUT2D eigenvalue weighted by Gasteiger charge is 2.29. The normalized spacial score (nSPS) is 18.0. The highest BCUT2D eigenvalue weighted by molar-refractivity contribution is 8.25. The number of rotatable bonds is 15. The Bertz CT molecular complexity index is 1120. The topological polar surface area (TPSA) is 117 Å². The summed E-state index contributed by atoms with van der Waals surface area (Å²) in [4.78, 5) is 13.7. The Kier molecular flexibility index (Phi) is 13.1. The second-order valence-electron chi connectivity index (χ2n) is 11.6. The molecule has 41 heavy (non-hydrogen) atoms. The third kappa shape index (κ3) is 10.6. The molecule has 1 aliphatic rings. The van der Waals surface area contributed by atoms with Gasteiger partial charge in [-0.1, -0.05) is 50.4 Å². The molecule has 1 heterocycles. The molecule has 10 heteroatoms. The zero-order valence-corrected chi connectivity index (χ0v) is 26.5. The minimum absolute atomic E-state index is 0.245. The van der Waals surface area contributed by atoms with Gasteiger partial charge >= 0.3 is 0 Å². The van der Waals surface area contributed by atoms with Crippen molar-refractivity contribution in [2.75, 3.05) is 35.0 Å². The molecule has 8 nitrogen and oxygen atoms in total. The monoisotopic (exact) mass is 608 g/mol. The van der Waals surface area contributed by atoms with Crippen molar-refractivity contribution in [3.63, 3.8) is 0 Å². The molecule has 3 atom stereocenters. The quantitative estimate of drug-likeness (QED) is 0.136. The molecule has 0 bridgehead atoms. The van der Waals surface area contributed by atoms with E-state index in [1.807, 2.05) is 31.2 Å². The molecule has 1 saturated heterocycles. The maximum atomic E-state index is 13.7. The number of hydrogen-bond acceptors (Lipinski definition) is 7. The summed E-state index contributed by atoms with van der Waals surface area (Å²) in [5, 5.41) is 21.6. The van der Waals surface area contributed by atoms with Crippen molar-refractivity contribution in [2.24, 2.45) is 5.92 Å². The molecule has 1 fully saturated rings. The lowest BCUT2D eigenvalue weighted by Gasteiger charge is -2.47. The zero-order chi connectivity index (χ0) is 30.0. The Balaban J connectivity index is 1.80. The van der Waals surface area contributed by atoms with Crippen molar-refractivity contribution in [1.82, 2.24) is 10.6 Å². The molecule has 0 spiro atoms. The average Bonchev–Trinajstić information content (AvgIpc) is 2.91. The summed E-state index contributed by atoms with van der Waals surface area (Å²) >= 11 is 6.23. The lowest BCUT2D eigenvalue weighted by atomic mass is 9.99. The van der Waals surface area contributed by atoms with Gasteiger partial charge < -0.3 is 21.1 Å². The molecule has 3 unspecified atom stereocenters. The third-order valence-electron chi connectivity index (χ3n) is 7.45. The Morgan fingerprint density at radius 2 is 1.88 bits per heavy atom.